The fraction of sp³-hybridized carbons (Fsp3) is 0.240. The lowest BCUT2D eigenvalue weighted by Crippen LogP contribution is -2.26. The summed E-state index contributed by atoms with van der Waals surface area (Å²) >= 11 is 0. The van der Waals surface area contributed by atoms with E-state index >= 15 is 0 Å². The number of phenolic OH excluding ortho intramolecular Hbond substituents is 1. The monoisotopic (exact) mass is 516 g/mol. The average molecular weight is 517 g/mol. The van der Waals surface area contributed by atoms with Gasteiger partial charge in [0, 0.05) is 13.1 Å². The third kappa shape index (κ3) is 7.35. The summed E-state index contributed by atoms with van der Waals surface area (Å²) in [6.07, 6.45) is 0.0325. The highest BCUT2D eigenvalue weighted by molar-refractivity contribution is 7.92. The zero-order chi connectivity index (χ0) is 26.3. The number of anilines is 1. The highest BCUT2D eigenvalue weighted by Gasteiger charge is 2.13. The highest BCUT2D eigenvalue weighted by Crippen LogP contribution is 2.33. The molecular formula is C25H28N2O8S. The van der Waals surface area contributed by atoms with Gasteiger partial charge in [-0.2, -0.15) is 0 Å². The number of carboxylic acid groups (broad SMARTS) is 1. The van der Waals surface area contributed by atoms with E-state index in [1.807, 2.05) is 6.07 Å². The van der Waals surface area contributed by atoms with Gasteiger partial charge in [-0.15, -0.1) is 0 Å². The van der Waals surface area contributed by atoms with Crippen molar-refractivity contribution in [1.29, 1.82) is 0 Å². The topological polar surface area (TPSA) is 154 Å². The number of rotatable bonds is 12. The molecule has 3 aromatic rings. The number of aromatic hydroxyl groups is 1. The summed E-state index contributed by atoms with van der Waals surface area (Å²) in [6, 6.07) is 16.1. The van der Waals surface area contributed by atoms with Crippen molar-refractivity contribution in [2.24, 2.45) is 0 Å². The van der Waals surface area contributed by atoms with Crippen LogP contribution in [0.4, 0.5) is 5.69 Å². The summed E-state index contributed by atoms with van der Waals surface area (Å²) in [7, 11) is -2.05. The first-order chi connectivity index (χ1) is 17.1. The Morgan fingerprint density at radius 3 is 2.33 bits per heavy atom. The van der Waals surface area contributed by atoms with Crippen LogP contribution in [-0.2, 0) is 10.0 Å². The summed E-state index contributed by atoms with van der Waals surface area (Å²) < 4.78 is 36.3. The molecule has 0 amide bonds. The normalized spacial score (nSPS) is 12.1. The van der Waals surface area contributed by atoms with E-state index in [1.54, 1.807) is 24.3 Å². The molecule has 0 unspecified atom stereocenters. The maximum Gasteiger partial charge on any atom is 0.335 e. The minimum Gasteiger partial charge on any atom is -0.506 e. The van der Waals surface area contributed by atoms with Crippen LogP contribution in [0.1, 0.15) is 22.0 Å². The Labute approximate surface area is 209 Å². The van der Waals surface area contributed by atoms with E-state index in [4.69, 9.17) is 14.6 Å². The summed E-state index contributed by atoms with van der Waals surface area (Å²) in [6.45, 7) is 0.867. The molecule has 11 heteroatoms. The number of hydrogen-bond donors (Lipinski definition) is 5. The van der Waals surface area contributed by atoms with Crippen LogP contribution in [0.25, 0.3) is 11.1 Å². The van der Waals surface area contributed by atoms with Crippen LogP contribution >= 0.6 is 0 Å². The van der Waals surface area contributed by atoms with Gasteiger partial charge in [0.1, 0.15) is 12.4 Å². The van der Waals surface area contributed by atoms with E-state index < -0.39 is 22.1 Å². The van der Waals surface area contributed by atoms with Crippen molar-refractivity contribution >= 4 is 21.7 Å². The van der Waals surface area contributed by atoms with Crippen LogP contribution < -0.4 is 19.5 Å². The summed E-state index contributed by atoms with van der Waals surface area (Å²) in [5.41, 5.74) is 2.31. The quantitative estimate of drug-likeness (QED) is 0.181. The van der Waals surface area contributed by atoms with Crippen molar-refractivity contribution < 1.29 is 38.0 Å². The first kappa shape index (κ1) is 26.8. The standard InChI is InChI=1S/C25H28N2O8S/c1-34-24-14-18(16-3-5-17(6-4-16)25(30)31)8-10-23(24)35-12-11-26-15-22(29)19-7-9-21(28)20(13-19)27-36(2,32)33/h3-10,13-14,22,26-29H,11-12,15H2,1-2H3,(H,30,31)/t22-/m0/s1. The molecule has 0 aliphatic carbocycles. The molecular weight excluding hydrogens is 488 g/mol. The van der Waals surface area contributed by atoms with Gasteiger partial charge in [-0.1, -0.05) is 24.3 Å². The Balaban J connectivity index is 1.53. The molecule has 0 aliphatic rings. The van der Waals surface area contributed by atoms with Crippen LogP contribution in [-0.4, -0.2) is 62.8 Å². The number of hydrogen-bond acceptors (Lipinski definition) is 8. The molecule has 36 heavy (non-hydrogen) atoms. The lowest BCUT2D eigenvalue weighted by Gasteiger charge is -2.16. The molecule has 1 atom stereocenters. The number of nitrogens with one attached hydrogen (secondary N) is 2. The molecule has 0 saturated heterocycles. The molecule has 0 aromatic heterocycles. The molecule has 0 saturated carbocycles. The van der Waals surface area contributed by atoms with Crippen molar-refractivity contribution in [3.05, 3.63) is 71.8 Å². The second kappa shape index (κ2) is 11.8. The van der Waals surface area contributed by atoms with Gasteiger partial charge >= 0.3 is 5.97 Å². The zero-order valence-electron chi connectivity index (χ0n) is 19.8. The number of ether oxygens (including phenoxy) is 2. The maximum atomic E-state index is 11.4. The van der Waals surface area contributed by atoms with E-state index in [2.05, 4.69) is 10.0 Å². The number of benzene rings is 3. The number of carboxylic acids is 1. The largest absolute Gasteiger partial charge is 0.506 e. The number of carbonyl (C=O) groups is 1. The number of aliphatic hydroxyl groups is 1. The highest BCUT2D eigenvalue weighted by atomic mass is 32.2. The molecule has 0 aliphatic heterocycles. The number of aliphatic hydroxyl groups excluding tert-OH is 1. The zero-order valence-corrected chi connectivity index (χ0v) is 20.6. The number of phenols is 1. The fourth-order valence-electron chi connectivity index (χ4n) is 3.40. The minimum atomic E-state index is -3.58. The molecule has 0 spiro atoms. The Morgan fingerprint density at radius 1 is 1.00 bits per heavy atom. The minimum absolute atomic E-state index is 0.00856. The molecule has 5 N–H and O–H groups in total. The van der Waals surface area contributed by atoms with E-state index in [0.717, 1.165) is 17.4 Å². The molecule has 3 rings (SSSR count). The van der Waals surface area contributed by atoms with Gasteiger partial charge in [-0.25, -0.2) is 13.2 Å². The molecule has 0 heterocycles. The second-order valence-corrected chi connectivity index (χ2v) is 9.72. The van der Waals surface area contributed by atoms with Crippen LogP contribution in [0.2, 0.25) is 0 Å². The van der Waals surface area contributed by atoms with Crippen molar-refractivity contribution in [3.63, 3.8) is 0 Å². The smallest absolute Gasteiger partial charge is 0.335 e. The first-order valence-electron chi connectivity index (χ1n) is 10.9. The number of sulfonamides is 1. The molecule has 192 valence electrons. The van der Waals surface area contributed by atoms with E-state index in [1.165, 1.54) is 37.4 Å². The molecule has 3 aromatic carbocycles. The van der Waals surface area contributed by atoms with Crippen molar-refractivity contribution in [2.45, 2.75) is 6.10 Å². The Morgan fingerprint density at radius 2 is 1.69 bits per heavy atom. The lowest BCUT2D eigenvalue weighted by molar-refractivity contribution is 0.0697. The van der Waals surface area contributed by atoms with Crippen molar-refractivity contribution in [2.75, 3.05) is 37.8 Å². The van der Waals surface area contributed by atoms with Gasteiger partial charge in [0.05, 0.1) is 30.7 Å². The van der Waals surface area contributed by atoms with E-state index in [0.29, 0.717) is 23.6 Å². The Bertz CT molecular complexity index is 1310. The summed E-state index contributed by atoms with van der Waals surface area (Å²) in [5.74, 6) is -0.179. The predicted molar refractivity (Wildman–Crippen MR) is 135 cm³/mol. The van der Waals surface area contributed by atoms with Crippen LogP contribution in [0.5, 0.6) is 17.2 Å². The average Bonchev–Trinajstić information content (AvgIpc) is 2.84. The van der Waals surface area contributed by atoms with Gasteiger partial charge < -0.3 is 30.1 Å². The summed E-state index contributed by atoms with van der Waals surface area (Å²) in [5, 5.41) is 32.3. The fourth-order valence-corrected chi connectivity index (χ4v) is 3.97. The number of methoxy groups -OCH3 is 1. The van der Waals surface area contributed by atoms with E-state index in [-0.39, 0.29) is 30.2 Å². The second-order valence-electron chi connectivity index (χ2n) is 7.97. The Kier molecular flexibility index (Phi) is 8.75. The Hall–Kier alpha value is -3.80. The van der Waals surface area contributed by atoms with Crippen LogP contribution in [0, 0.1) is 0 Å². The predicted octanol–water partition coefficient (Wildman–Crippen LogP) is 2.84. The van der Waals surface area contributed by atoms with Crippen molar-refractivity contribution in [1.82, 2.24) is 5.32 Å². The van der Waals surface area contributed by atoms with Gasteiger partial charge in [0.2, 0.25) is 10.0 Å². The molecule has 0 radical (unpaired) electrons. The molecule has 0 bridgehead atoms. The third-order valence-electron chi connectivity index (χ3n) is 5.20. The number of aromatic carboxylic acids is 1. The van der Waals surface area contributed by atoms with Gasteiger partial charge in [-0.05, 0) is 53.1 Å². The van der Waals surface area contributed by atoms with Crippen LogP contribution in [0.15, 0.2) is 60.7 Å². The van der Waals surface area contributed by atoms with E-state index in [9.17, 15) is 23.4 Å². The van der Waals surface area contributed by atoms with Crippen molar-refractivity contribution in [3.8, 4) is 28.4 Å². The van der Waals surface area contributed by atoms with Gasteiger partial charge in [0.25, 0.3) is 0 Å². The van der Waals surface area contributed by atoms with Crippen LogP contribution in [0.3, 0.4) is 0 Å². The SMILES string of the molecule is COc1cc(-c2ccc(C(=O)O)cc2)ccc1OCCNC[C@H](O)c1ccc(O)c(NS(C)(=O)=O)c1. The summed E-state index contributed by atoms with van der Waals surface area (Å²) in [4.78, 5) is 11.0. The lowest BCUT2D eigenvalue weighted by atomic mass is 10.0. The molecule has 0 fully saturated rings. The van der Waals surface area contributed by atoms with Gasteiger partial charge in [0.15, 0.2) is 11.5 Å². The maximum absolute atomic E-state index is 11.4. The third-order valence-corrected chi connectivity index (χ3v) is 5.79. The molecule has 10 nitrogen and oxygen atoms in total. The first-order valence-corrected chi connectivity index (χ1v) is 12.8. The van der Waals surface area contributed by atoms with Gasteiger partial charge in [-0.3, -0.25) is 4.72 Å².